The summed E-state index contributed by atoms with van der Waals surface area (Å²) in [7, 11) is 0. The van der Waals surface area contributed by atoms with Crippen molar-refractivity contribution in [3.05, 3.63) is 36.9 Å². The van der Waals surface area contributed by atoms with Crippen molar-refractivity contribution < 1.29 is 14.3 Å². The van der Waals surface area contributed by atoms with Crippen molar-refractivity contribution in [3.63, 3.8) is 0 Å². The van der Waals surface area contributed by atoms with Gasteiger partial charge in [0.25, 0.3) is 0 Å². The molecule has 1 rings (SSSR count). The quantitative estimate of drug-likeness (QED) is 0.546. The van der Waals surface area contributed by atoms with Crippen LogP contribution in [0.2, 0.25) is 0 Å². The van der Waals surface area contributed by atoms with Crippen molar-refractivity contribution in [1.29, 1.82) is 0 Å². The van der Waals surface area contributed by atoms with Gasteiger partial charge in [-0.15, -0.1) is 0 Å². The number of rotatable bonds is 3. The summed E-state index contributed by atoms with van der Waals surface area (Å²) in [5.41, 5.74) is 0. The van der Waals surface area contributed by atoms with Gasteiger partial charge in [0.05, 0.1) is 0 Å². The lowest BCUT2D eigenvalue weighted by Gasteiger charge is -2.06. The molecular formula is C11H13O3. The second kappa shape index (κ2) is 5.27. The van der Waals surface area contributed by atoms with Crippen molar-refractivity contribution in [1.82, 2.24) is 0 Å². The molecule has 14 heavy (non-hydrogen) atoms. The lowest BCUT2D eigenvalue weighted by molar-refractivity contribution is 0.115. The first-order valence-corrected chi connectivity index (χ1v) is 4.45. The highest BCUT2D eigenvalue weighted by Gasteiger charge is 2.06. The van der Waals surface area contributed by atoms with Gasteiger partial charge in [0.2, 0.25) is 0 Å². The molecule has 0 spiro atoms. The smallest absolute Gasteiger partial charge is 0.426 e. The maximum atomic E-state index is 11.0. The SMILES string of the molecule is CC(C)[CH]OC(=O)Oc1ccccc1. The van der Waals surface area contributed by atoms with Gasteiger partial charge in [-0.1, -0.05) is 32.0 Å². The topological polar surface area (TPSA) is 35.5 Å². The predicted molar refractivity (Wildman–Crippen MR) is 52.7 cm³/mol. The fraction of sp³-hybridized carbons (Fsp3) is 0.273. The molecule has 3 nitrogen and oxygen atoms in total. The van der Waals surface area contributed by atoms with Crippen molar-refractivity contribution >= 4 is 6.16 Å². The summed E-state index contributed by atoms with van der Waals surface area (Å²) in [5.74, 6) is 0.674. The van der Waals surface area contributed by atoms with E-state index in [1.807, 2.05) is 19.9 Å². The zero-order chi connectivity index (χ0) is 10.4. The summed E-state index contributed by atoms with van der Waals surface area (Å²) < 4.78 is 9.59. The van der Waals surface area contributed by atoms with E-state index in [9.17, 15) is 4.79 Å². The molecule has 0 saturated carbocycles. The Hall–Kier alpha value is -1.51. The number of carbonyl (C=O) groups is 1. The summed E-state index contributed by atoms with van der Waals surface area (Å²) >= 11 is 0. The third kappa shape index (κ3) is 3.94. The Balaban J connectivity index is 2.35. The largest absolute Gasteiger partial charge is 0.514 e. The average molecular weight is 193 g/mol. The van der Waals surface area contributed by atoms with Gasteiger partial charge in [0.15, 0.2) is 0 Å². The monoisotopic (exact) mass is 193 g/mol. The van der Waals surface area contributed by atoms with Crippen LogP contribution >= 0.6 is 0 Å². The molecule has 3 heteroatoms. The Morgan fingerprint density at radius 1 is 1.29 bits per heavy atom. The van der Waals surface area contributed by atoms with Crippen LogP contribution in [0.1, 0.15) is 13.8 Å². The molecule has 1 aromatic carbocycles. The molecule has 0 aliphatic carbocycles. The Labute approximate surface area is 83.6 Å². The van der Waals surface area contributed by atoms with Crippen LogP contribution in [0.4, 0.5) is 4.79 Å². The maximum absolute atomic E-state index is 11.0. The first kappa shape index (κ1) is 10.6. The van der Waals surface area contributed by atoms with E-state index in [0.717, 1.165) is 0 Å². The van der Waals surface area contributed by atoms with Gasteiger partial charge in [-0.25, -0.2) is 4.79 Å². The molecule has 0 heterocycles. The molecule has 0 aliphatic rings. The van der Waals surface area contributed by atoms with Crippen LogP contribution in [-0.4, -0.2) is 6.16 Å². The molecule has 0 fully saturated rings. The summed E-state index contributed by atoms with van der Waals surface area (Å²) in [4.78, 5) is 11.0. The molecule has 0 N–H and O–H groups in total. The van der Waals surface area contributed by atoms with Gasteiger partial charge >= 0.3 is 6.16 Å². The van der Waals surface area contributed by atoms with E-state index in [1.54, 1.807) is 24.3 Å². The highest BCUT2D eigenvalue weighted by Crippen LogP contribution is 2.10. The zero-order valence-corrected chi connectivity index (χ0v) is 8.27. The highest BCUT2D eigenvalue weighted by molar-refractivity contribution is 5.64. The standard InChI is InChI=1S/C11H13O3/c1-9(2)8-13-11(12)14-10-6-4-3-5-7-10/h3-9H,1-2H3. The van der Waals surface area contributed by atoms with Gasteiger partial charge in [-0.05, 0) is 18.1 Å². The summed E-state index contributed by atoms with van der Waals surface area (Å²) in [5, 5.41) is 0. The Kier molecular flexibility index (Phi) is 3.98. The number of benzene rings is 1. The molecule has 0 aromatic heterocycles. The van der Waals surface area contributed by atoms with Crippen LogP contribution in [0.15, 0.2) is 30.3 Å². The normalized spacial score (nSPS) is 9.93. The van der Waals surface area contributed by atoms with Crippen molar-refractivity contribution in [2.75, 3.05) is 0 Å². The second-order valence-electron chi connectivity index (χ2n) is 3.16. The minimum Gasteiger partial charge on any atom is -0.426 e. The van der Waals surface area contributed by atoms with Crippen molar-refractivity contribution in [2.45, 2.75) is 13.8 Å². The Morgan fingerprint density at radius 3 is 2.50 bits per heavy atom. The van der Waals surface area contributed by atoms with E-state index in [-0.39, 0.29) is 5.92 Å². The van der Waals surface area contributed by atoms with E-state index in [2.05, 4.69) is 0 Å². The number of carbonyl (C=O) groups excluding carboxylic acids is 1. The van der Waals surface area contributed by atoms with Crippen LogP contribution in [0.5, 0.6) is 5.75 Å². The van der Waals surface area contributed by atoms with E-state index in [4.69, 9.17) is 9.47 Å². The van der Waals surface area contributed by atoms with Crippen LogP contribution in [-0.2, 0) is 4.74 Å². The molecule has 0 amide bonds. The third-order valence-corrected chi connectivity index (χ3v) is 1.38. The lowest BCUT2D eigenvalue weighted by atomic mass is 10.2. The molecule has 1 radical (unpaired) electrons. The fourth-order valence-electron chi connectivity index (χ4n) is 0.800. The van der Waals surface area contributed by atoms with Gasteiger partial charge < -0.3 is 9.47 Å². The van der Waals surface area contributed by atoms with E-state index >= 15 is 0 Å². The van der Waals surface area contributed by atoms with E-state index in [1.165, 1.54) is 6.61 Å². The summed E-state index contributed by atoms with van der Waals surface area (Å²) in [6, 6.07) is 8.80. The minimum absolute atomic E-state index is 0.193. The number of ether oxygens (including phenoxy) is 2. The summed E-state index contributed by atoms with van der Waals surface area (Å²) in [6.07, 6.45) is -0.704. The zero-order valence-electron chi connectivity index (χ0n) is 8.27. The molecule has 0 atom stereocenters. The highest BCUT2D eigenvalue weighted by atomic mass is 16.7. The number of hydrogen-bond acceptors (Lipinski definition) is 3. The second-order valence-corrected chi connectivity index (χ2v) is 3.16. The lowest BCUT2D eigenvalue weighted by Crippen LogP contribution is -2.10. The first-order valence-electron chi connectivity index (χ1n) is 4.45. The van der Waals surface area contributed by atoms with Crippen molar-refractivity contribution in [3.8, 4) is 5.75 Å². The summed E-state index contributed by atoms with van der Waals surface area (Å²) in [6.45, 7) is 5.26. The van der Waals surface area contributed by atoms with Crippen LogP contribution < -0.4 is 4.74 Å². The van der Waals surface area contributed by atoms with Crippen LogP contribution in [0.25, 0.3) is 0 Å². The van der Waals surface area contributed by atoms with E-state index in [0.29, 0.717) is 5.75 Å². The number of hydrogen-bond donors (Lipinski definition) is 0. The molecule has 0 aliphatic heterocycles. The molecular weight excluding hydrogens is 180 g/mol. The van der Waals surface area contributed by atoms with Gasteiger partial charge in [-0.3, -0.25) is 0 Å². The average Bonchev–Trinajstić information content (AvgIpc) is 2.16. The Morgan fingerprint density at radius 2 is 1.93 bits per heavy atom. The van der Waals surface area contributed by atoms with Crippen molar-refractivity contribution in [2.24, 2.45) is 5.92 Å². The first-order chi connectivity index (χ1) is 6.68. The van der Waals surface area contributed by atoms with E-state index < -0.39 is 6.16 Å². The maximum Gasteiger partial charge on any atom is 0.514 e. The third-order valence-electron chi connectivity index (χ3n) is 1.38. The van der Waals surface area contributed by atoms with Gasteiger partial charge in [0.1, 0.15) is 12.4 Å². The molecule has 1 aromatic rings. The molecule has 0 bridgehead atoms. The van der Waals surface area contributed by atoms with Gasteiger partial charge in [-0.2, -0.15) is 0 Å². The predicted octanol–water partition coefficient (Wildman–Crippen LogP) is 3.02. The van der Waals surface area contributed by atoms with Gasteiger partial charge in [0, 0.05) is 0 Å². The molecule has 0 saturated heterocycles. The Bertz CT molecular complexity index is 280. The number of para-hydroxylation sites is 1. The molecule has 75 valence electrons. The fourth-order valence-corrected chi connectivity index (χ4v) is 0.800. The minimum atomic E-state index is -0.704. The van der Waals surface area contributed by atoms with Crippen LogP contribution in [0, 0.1) is 12.5 Å². The molecule has 0 unspecified atom stereocenters. The van der Waals surface area contributed by atoms with Crippen LogP contribution in [0.3, 0.4) is 0 Å².